The maximum atomic E-state index is 5.76. The minimum Gasteiger partial charge on any atom is -0.435 e. The van der Waals surface area contributed by atoms with Gasteiger partial charge in [0.1, 0.15) is 0 Å². The summed E-state index contributed by atoms with van der Waals surface area (Å²) in [5.74, 6) is 1.30. The van der Waals surface area contributed by atoms with E-state index in [1.165, 1.54) is 0 Å². The lowest BCUT2D eigenvalue weighted by molar-refractivity contribution is 0.452. The molecule has 0 aliphatic rings. The molecule has 0 unspecified atom stereocenters. The highest BCUT2D eigenvalue weighted by molar-refractivity contribution is 9.10. The molecule has 0 atom stereocenters. The molecule has 0 fully saturated rings. The Hall–Kier alpha value is -1.40. The molecular formula is C13H17BrN4O. The van der Waals surface area contributed by atoms with Crippen LogP contribution < -0.4 is 10.1 Å². The first-order valence-electron chi connectivity index (χ1n) is 6.20. The monoisotopic (exact) mass is 324 g/mol. The number of pyridine rings is 1. The number of nitrogens with one attached hydrogen (secondary N) is 1. The molecular weight excluding hydrogens is 308 g/mol. The van der Waals surface area contributed by atoms with Crippen LogP contribution in [0.5, 0.6) is 11.6 Å². The van der Waals surface area contributed by atoms with Gasteiger partial charge in [-0.1, -0.05) is 6.92 Å². The minimum absolute atomic E-state index is 0.611. The Labute approximate surface area is 121 Å². The lowest BCUT2D eigenvalue weighted by Gasteiger charge is -2.09. The maximum absolute atomic E-state index is 5.76. The smallest absolute Gasteiger partial charge is 0.223 e. The number of hydrogen-bond acceptors (Lipinski definition) is 4. The second kappa shape index (κ2) is 6.68. The highest BCUT2D eigenvalue weighted by Gasteiger charge is 2.08. The fourth-order valence-electron chi connectivity index (χ4n) is 1.65. The topological polar surface area (TPSA) is 52.0 Å². The minimum atomic E-state index is 0.611. The Kier molecular flexibility index (Phi) is 4.93. The second-order valence-electron chi connectivity index (χ2n) is 4.25. The van der Waals surface area contributed by atoms with Gasteiger partial charge in [0.25, 0.3) is 0 Å². The summed E-state index contributed by atoms with van der Waals surface area (Å²) in [7, 11) is 1.85. The van der Waals surface area contributed by atoms with E-state index in [0.717, 1.165) is 29.5 Å². The third-order valence-electron chi connectivity index (χ3n) is 2.53. The summed E-state index contributed by atoms with van der Waals surface area (Å²) in [6.07, 6.45) is 6.31. The van der Waals surface area contributed by atoms with Gasteiger partial charge in [0.2, 0.25) is 5.88 Å². The van der Waals surface area contributed by atoms with Gasteiger partial charge >= 0.3 is 0 Å². The van der Waals surface area contributed by atoms with Crippen LogP contribution in [0.2, 0.25) is 0 Å². The molecule has 6 heteroatoms. The third-order valence-corrected chi connectivity index (χ3v) is 2.96. The molecule has 0 saturated heterocycles. The molecule has 19 heavy (non-hydrogen) atoms. The van der Waals surface area contributed by atoms with Crippen molar-refractivity contribution in [2.24, 2.45) is 7.05 Å². The average Bonchev–Trinajstić information content (AvgIpc) is 2.78. The number of halogens is 1. The largest absolute Gasteiger partial charge is 0.435 e. The number of hydrogen-bond donors (Lipinski definition) is 1. The number of rotatable bonds is 6. The Morgan fingerprint density at radius 1 is 1.42 bits per heavy atom. The molecule has 2 heterocycles. The third kappa shape index (κ3) is 4.04. The van der Waals surface area contributed by atoms with E-state index in [0.29, 0.717) is 11.6 Å². The standard InChI is InChI=1S/C13H17BrN4O/c1-3-4-15-6-10-5-11(14)7-16-13(10)19-12-8-17-18(2)9-12/h5,7-9,15H,3-4,6H2,1-2H3. The van der Waals surface area contributed by atoms with Crippen molar-refractivity contribution in [2.75, 3.05) is 6.54 Å². The summed E-state index contributed by atoms with van der Waals surface area (Å²) < 4.78 is 8.40. The summed E-state index contributed by atoms with van der Waals surface area (Å²) in [5.41, 5.74) is 1.02. The molecule has 0 aliphatic heterocycles. The van der Waals surface area contributed by atoms with Crippen LogP contribution in [0.25, 0.3) is 0 Å². The predicted octanol–water partition coefficient (Wildman–Crippen LogP) is 2.87. The zero-order chi connectivity index (χ0) is 13.7. The van der Waals surface area contributed by atoms with Crippen molar-refractivity contribution >= 4 is 15.9 Å². The van der Waals surface area contributed by atoms with Crippen LogP contribution in [-0.4, -0.2) is 21.3 Å². The van der Waals surface area contributed by atoms with Crippen molar-refractivity contribution in [3.8, 4) is 11.6 Å². The normalized spacial score (nSPS) is 10.7. The second-order valence-corrected chi connectivity index (χ2v) is 5.16. The number of ether oxygens (including phenoxy) is 1. The molecule has 2 aromatic heterocycles. The first kappa shape index (κ1) is 14.0. The molecule has 0 aromatic carbocycles. The van der Waals surface area contributed by atoms with Crippen LogP contribution in [0, 0.1) is 0 Å². The number of aromatic nitrogens is 3. The van der Waals surface area contributed by atoms with E-state index in [-0.39, 0.29) is 0 Å². The van der Waals surface area contributed by atoms with E-state index in [4.69, 9.17) is 4.74 Å². The molecule has 0 radical (unpaired) electrons. The Balaban J connectivity index is 2.14. The van der Waals surface area contributed by atoms with Gasteiger partial charge in [-0.05, 0) is 35.0 Å². The summed E-state index contributed by atoms with van der Waals surface area (Å²) in [5, 5.41) is 7.42. The quantitative estimate of drug-likeness (QED) is 0.830. The SMILES string of the molecule is CCCNCc1cc(Br)cnc1Oc1cnn(C)c1. The van der Waals surface area contributed by atoms with E-state index in [2.05, 4.69) is 38.3 Å². The van der Waals surface area contributed by atoms with E-state index in [1.54, 1.807) is 17.1 Å². The first-order chi connectivity index (χ1) is 9.19. The van der Waals surface area contributed by atoms with Crippen LogP contribution >= 0.6 is 15.9 Å². The lowest BCUT2D eigenvalue weighted by atomic mass is 10.2. The van der Waals surface area contributed by atoms with Gasteiger partial charge in [-0.15, -0.1) is 0 Å². The van der Waals surface area contributed by atoms with Crippen LogP contribution in [0.1, 0.15) is 18.9 Å². The molecule has 5 nitrogen and oxygen atoms in total. The van der Waals surface area contributed by atoms with E-state index in [1.807, 2.05) is 19.3 Å². The highest BCUT2D eigenvalue weighted by Crippen LogP contribution is 2.25. The molecule has 102 valence electrons. The summed E-state index contributed by atoms with van der Waals surface area (Å²) >= 11 is 3.43. The molecule has 0 spiro atoms. The predicted molar refractivity (Wildman–Crippen MR) is 77.2 cm³/mol. The highest BCUT2D eigenvalue weighted by atomic mass is 79.9. The summed E-state index contributed by atoms with van der Waals surface area (Å²) in [6.45, 7) is 3.84. The molecule has 2 aromatic rings. The first-order valence-corrected chi connectivity index (χ1v) is 7.00. The molecule has 1 N–H and O–H groups in total. The van der Waals surface area contributed by atoms with Crippen LogP contribution in [0.3, 0.4) is 0 Å². The molecule has 0 aliphatic carbocycles. The van der Waals surface area contributed by atoms with Gasteiger partial charge in [0, 0.05) is 29.8 Å². The van der Waals surface area contributed by atoms with E-state index >= 15 is 0 Å². The van der Waals surface area contributed by atoms with Crippen molar-refractivity contribution in [2.45, 2.75) is 19.9 Å². The van der Waals surface area contributed by atoms with Crippen molar-refractivity contribution in [3.63, 3.8) is 0 Å². The Morgan fingerprint density at radius 2 is 2.26 bits per heavy atom. The van der Waals surface area contributed by atoms with Gasteiger partial charge in [-0.2, -0.15) is 5.10 Å². The molecule has 0 saturated carbocycles. The van der Waals surface area contributed by atoms with Crippen molar-refractivity contribution in [1.82, 2.24) is 20.1 Å². The van der Waals surface area contributed by atoms with Gasteiger partial charge in [-0.25, -0.2) is 4.98 Å². The summed E-state index contributed by atoms with van der Waals surface area (Å²) in [4.78, 5) is 4.32. The zero-order valence-electron chi connectivity index (χ0n) is 11.1. The lowest BCUT2D eigenvalue weighted by Crippen LogP contribution is -2.14. The molecule has 0 bridgehead atoms. The van der Waals surface area contributed by atoms with Crippen molar-refractivity contribution in [3.05, 3.63) is 34.7 Å². The molecule has 0 amide bonds. The summed E-state index contributed by atoms with van der Waals surface area (Å²) in [6, 6.07) is 2.02. The van der Waals surface area contributed by atoms with Gasteiger partial charge in [0.05, 0.1) is 12.4 Å². The average molecular weight is 325 g/mol. The van der Waals surface area contributed by atoms with Crippen molar-refractivity contribution < 1.29 is 4.74 Å². The van der Waals surface area contributed by atoms with Gasteiger partial charge < -0.3 is 10.1 Å². The maximum Gasteiger partial charge on any atom is 0.223 e. The molecule has 2 rings (SSSR count). The Bertz CT molecular complexity index is 541. The number of nitrogens with zero attached hydrogens (tertiary/aromatic N) is 3. The van der Waals surface area contributed by atoms with Crippen molar-refractivity contribution in [1.29, 1.82) is 0 Å². The van der Waals surface area contributed by atoms with Crippen LogP contribution in [0.15, 0.2) is 29.1 Å². The van der Waals surface area contributed by atoms with Gasteiger partial charge in [0.15, 0.2) is 5.75 Å². The van der Waals surface area contributed by atoms with Crippen LogP contribution in [-0.2, 0) is 13.6 Å². The Morgan fingerprint density at radius 3 is 2.95 bits per heavy atom. The number of aryl methyl sites for hydroxylation is 1. The van der Waals surface area contributed by atoms with Gasteiger partial charge in [-0.3, -0.25) is 4.68 Å². The van der Waals surface area contributed by atoms with Crippen LogP contribution in [0.4, 0.5) is 0 Å². The zero-order valence-corrected chi connectivity index (χ0v) is 12.6. The fourth-order valence-corrected chi connectivity index (χ4v) is 2.03. The fraction of sp³-hybridized carbons (Fsp3) is 0.385. The van der Waals surface area contributed by atoms with E-state index in [9.17, 15) is 0 Å². The van der Waals surface area contributed by atoms with E-state index < -0.39 is 0 Å².